The van der Waals surface area contributed by atoms with E-state index in [1.165, 1.54) is 12.4 Å². The third-order valence-corrected chi connectivity index (χ3v) is 3.87. The van der Waals surface area contributed by atoms with Crippen LogP contribution in [0.5, 0.6) is 0 Å². The third kappa shape index (κ3) is 3.24. The summed E-state index contributed by atoms with van der Waals surface area (Å²) >= 11 is 0. The topological polar surface area (TPSA) is 72.7 Å². The Labute approximate surface area is 136 Å². The van der Waals surface area contributed by atoms with Crippen molar-refractivity contribution in [1.82, 2.24) is 19.7 Å². The SMILES string of the molecule is CCc1ncc(NC(=O)Cn2nc(C(F)(F)F)c3c2CCC3)cn1. The Kier molecular flexibility index (Phi) is 4.25. The fourth-order valence-corrected chi connectivity index (χ4v) is 2.81. The number of aryl methyl sites for hydroxylation is 1. The third-order valence-electron chi connectivity index (χ3n) is 3.87. The predicted molar refractivity (Wildman–Crippen MR) is 79.3 cm³/mol. The first-order valence-corrected chi connectivity index (χ1v) is 7.65. The summed E-state index contributed by atoms with van der Waals surface area (Å²) in [4.78, 5) is 20.2. The molecule has 128 valence electrons. The first-order valence-electron chi connectivity index (χ1n) is 7.65. The zero-order valence-electron chi connectivity index (χ0n) is 13.0. The lowest BCUT2D eigenvalue weighted by atomic mass is 10.2. The van der Waals surface area contributed by atoms with Gasteiger partial charge in [0.15, 0.2) is 5.69 Å². The van der Waals surface area contributed by atoms with Gasteiger partial charge in [-0.1, -0.05) is 6.92 Å². The van der Waals surface area contributed by atoms with Crippen LogP contribution in [-0.4, -0.2) is 25.7 Å². The quantitative estimate of drug-likeness (QED) is 0.928. The largest absolute Gasteiger partial charge is 0.435 e. The first-order chi connectivity index (χ1) is 11.4. The highest BCUT2D eigenvalue weighted by molar-refractivity contribution is 5.90. The molecule has 0 bridgehead atoms. The van der Waals surface area contributed by atoms with Crippen LogP contribution < -0.4 is 5.32 Å². The number of rotatable bonds is 4. The Morgan fingerprint density at radius 1 is 1.29 bits per heavy atom. The van der Waals surface area contributed by atoms with Gasteiger partial charge in [0, 0.05) is 17.7 Å². The Bertz CT molecular complexity index is 752. The van der Waals surface area contributed by atoms with Crippen molar-refractivity contribution in [2.45, 2.75) is 45.3 Å². The maximum absolute atomic E-state index is 13.0. The Hall–Kier alpha value is -2.45. The number of carbonyl (C=O) groups excluding carboxylic acids is 1. The van der Waals surface area contributed by atoms with Crippen molar-refractivity contribution in [1.29, 1.82) is 0 Å². The molecule has 0 unspecified atom stereocenters. The second-order valence-electron chi connectivity index (χ2n) is 5.57. The number of hydrogen-bond acceptors (Lipinski definition) is 4. The molecule has 6 nitrogen and oxygen atoms in total. The highest BCUT2D eigenvalue weighted by atomic mass is 19.4. The second-order valence-corrected chi connectivity index (χ2v) is 5.57. The lowest BCUT2D eigenvalue weighted by Gasteiger charge is -2.07. The Balaban J connectivity index is 1.75. The normalized spacial score (nSPS) is 13.8. The number of nitrogens with zero attached hydrogens (tertiary/aromatic N) is 4. The summed E-state index contributed by atoms with van der Waals surface area (Å²) in [6, 6.07) is 0. The maximum atomic E-state index is 13.0. The van der Waals surface area contributed by atoms with Crippen molar-refractivity contribution in [3.8, 4) is 0 Å². The molecule has 0 aromatic carbocycles. The first kappa shape index (κ1) is 16.4. The molecule has 0 spiro atoms. The molecule has 0 atom stereocenters. The highest BCUT2D eigenvalue weighted by Crippen LogP contribution is 2.36. The molecule has 2 aromatic heterocycles. The number of hydrogen-bond donors (Lipinski definition) is 1. The van der Waals surface area contributed by atoms with Gasteiger partial charge in [-0.15, -0.1) is 0 Å². The Morgan fingerprint density at radius 3 is 2.62 bits per heavy atom. The monoisotopic (exact) mass is 339 g/mol. The van der Waals surface area contributed by atoms with Crippen molar-refractivity contribution in [3.63, 3.8) is 0 Å². The van der Waals surface area contributed by atoms with Crippen molar-refractivity contribution >= 4 is 11.6 Å². The average Bonchev–Trinajstić information content (AvgIpc) is 3.11. The molecule has 24 heavy (non-hydrogen) atoms. The molecule has 0 aliphatic heterocycles. The van der Waals surface area contributed by atoms with Crippen molar-refractivity contribution in [2.24, 2.45) is 0 Å². The summed E-state index contributed by atoms with van der Waals surface area (Å²) < 4.78 is 40.2. The summed E-state index contributed by atoms with van der Waals surface area (Å²) in [5.41, 5.74) is 0.233. The van der Waals surface area contributed by atoms with Crippen molar-refractivity contribution in [3.05, 3.63) is 35.2 Å². The van der Waals surface area contributed by atoms with E-state index in [1.54, 1.807) is 0 Å². The van der Waals surface area contributed by atoms with Crippen LogP contribution in [0.4, 0.5) is 18.9 Å². The summed E-state index contributed by atoms with van der Waals surface area (Å²) in [5, 5.41) is 6.19. The summed E-state index contributed by atoms with van der Waals surface area (Å²) in [5.74, 6) is 0.182. The molecular weight excluding hydrogens is 323 g/mol. The molecule has 0 fully saturated rings. The number of halogens is 3. The summed E-state index contributed by atoms with van der Waals surface area (Å²) in [6.45, 7) is 1.64. The smallest absolute Gasteiger partial charge is 0.322 e. The van der Waals surface area contributed by atoms with E-state index in [0.29, 0.717) is 42.9 Å². The molecule has 9 heteroatoms. The van der Waals surface area contributed by atoms with Crippen molar-refractivity contribution in [2.75, 3.05) is 5.32 Å². The number of carbonyl (C=O) groups is 1. The van der Waals surface area contributed by atoms with Gasteiger partial charge in [-0.2, -0.15) is 18.3 Å². The van der Waals surface area contributed by atoms with Gasteiger partial charge in [-0.3, -0.25) is 9.48 Å². The molecule has 3 rings (SSSR count). The van der Waals surface area contributed by atoms with Crippen LogP contribution in [0.25, 0.3) is 0 Å². The minimum atomic E-state index is -4.50. The van der Waals surface area contributed by atoms with Gasteiger partial charge in [0.1, 0.15) is 12.4 Å². The molecule has 2 aromatic rings. The number of aromatic nitrogens is 4. The lowest BCUT2D eigenvalue weighted by molar-refractivity contribution is -0.142. The van der Waals surface area contributed by atoms with Crippen LogP contribution >= 0.6 is 0 Å². The van der Waals surface area contributed by atoms with Crippen LogP contribution in [0.3, 0.4) is 0 Å². The standard InChI is InChI=1S/C15H16F3N5O/c1-2-12-19-6-9(7-20-12)21-13(24)8-23-11-5-3-4-10(11)14(22-23)15(16,17)18/h6-7H,2-5,8H2,1H3,(H,21,24). The van der Waals surface area contributed by atoms with E-state index < -0.39 is 17.8 Å². The number of anilines is 1. The van der Waals surface area contributed by atoms with Crippen LogP contribution in [0.15, 0.2) is 12.4 Å². The number of nitrogens with one attached hydrogen (secondary N) is 1. The molecule has 1 amide bonds. The van der Waals surface area contributed by atoms with E-state index >= 15 is 0 Å². The minimum Gasteiger partial charge on any atom is -0.322 e. The predicted octanol–water partition coefficient (Wildman–Crippen LogP) is 2.38. The van der Waals surface area contributed by atoms with Crippen LogP contribution in [0.1, 0.15) is 36.1 Å². The lowest BCUT2D eigenvalue weighted by Crippen LogP contribution is -2.21. The molecule has 0 radical (unpaired) electrons. The van der Waals surface area contributed by atoms with Gasteiger partial charge < -0.3 is 5.32 Å². The van der Waals surface area contributed by atoms with Crippen LogP contribution in [0, 0.1) is 0 Å². The summed E-state index contributed by atoms with van der Waals surface area (Å²) in [7, 11) is 0. The van der Waals surface area contributed by atoms with E-state index in [1.807, 2.05) is 6.92 Å². The van der Waals surface area contributed by atoms with Gasteiger partial charge in [-0.05, 0) is 19.3 Å². The zero-order chi connectivity index (χ0) is 17.3. The summed E-state index contributed by atoms with van der Waals surface area (Å²) in [6.07, 6.45) is 0.604. The van der Waals surface area contributed by atoms with Gasteiger partial charge in [-0.25, -0.2) is 9.97 Å². The fourth-order valence-electron chi connectivity index (χ4n) is 2.81. The highest BCUT2D eigenvalue weighted by Gasteiger charge is 2.40. The molecule has 2 heterocycles. The van der Waals surface area contributed by atoms with E-state index in [-0.39, 0.29) is 12.1 Å². The second kappa shape index (κ2) is 6.21. The molecular formula is C15H16F3N5O. The Morgan fingerprint density at radius 2 is 2.00 bits per heavy atom. The molecule has 1 aliphatic carbocycles. The van der Waals surface area contributed by atoms with E-state index in [2.05, 4.69) is 20.4 Å². The zero-order valence-corrected chi connectivity index (χ0v) is 13.0. The minimum absolute atomic E-state index is 0.214. The van der Waals surface area contributed by atoms with Gasteiger partial charge in [0.25, 0.3) is 0 Å². The van der Waals surface area contributed by atoms with Gasteiger partial charge in [0.2, 0.25) is 5.91 Å². The maximum Gasteiger partial charge on any atom is 0.435 e. The van der Waals surface area contributed by atoms with E-state index in [9.17, 15) is 18.0 Å². The van der Waals surface area contributed by atoms with Crippen molar-refractivity contribution < 1.29 is 18.0 Å². The molecule has 0 saturated heterocycles. The fraction of sp³-hybridized carbons (Fsp3) is 0.467. The van der Waals surface area contributed by atoms with Gasteiger partial charge in [0.05, 0.1) is 18.1 Å². The molecule has 1 N–H and O–H groups in total. The molecule has 0 saturated carbocycles. The van der Waals surface area contributed by atoms with Gasteiger partial charge >= 0.3 is 6.18 Å². The molecule has 1 aliphatic rings. The number of alkyl halides is 3. The van der Waals surface area contributed by atoms with E-state index in [4.69, 9.17) is 0 Å². The number of amides is 1. The van der Waals surface area contributed by atoms with Crippen LogP contribution in [-0.2, 0) is 36.8 Å². The number of fused-ring (bicyclic) bond motifs is 1. The van der Waals surface area contributed by atoms with E-state index in [0.717, 1.165) is 4.68 Å². The van der Waals surface area contributed by atoms with Crippen LogP contribution in [0.2, 0.25) is 0 Å². The average molecular weight is 339 g/mol.